The van der Waals surface area contributed by atoms with Crippen LogP contribution in [-0.2, 0) is 6.18 Å². The van der Waals surface area contributed by atoms with Gasteiger partial charge in [0.15, 0.2) is 0 Å². The Bertz CT molecular complexity index is 1050. The standard InChI is InChI=1S/C21H17F3N4O2/c22-21(23,24)14-7-11-16(12-8-14)27-20(30)26-15-9-5-13(6-10-15)19(29)28-18-4-2-1-3-17(18)25/h1-12H,25H2,(H,28,29)(H2,26,27,30). The van der Waals surface area contributed by atoms with Crippen molar-refractivity contribution >= 4 is 34.7 Å². The number of nitrogens with one attached hydrogen (secondary N) is 3. The number of hydrogen-bond acceptors (Lipinski definition) is 3. The zero-order valence-corrected chi connectivity index (χ0v) is 15.5. The molecule has 0 fully saturated rings. The fourth-order valence-corrected chi connectivity index (χ4v) is 2.55. The fourth-order valence-electron chi connectivity index (χ4n) is 2.55. The highest BCUT2D eigenvalue weighted by Gasteiger charge is 2.29. The number of para-hydroxylation sites is 2. The summed E-state index contributed by atoms with van der Waals surface area (Å²) in [5.74, 6) is -0.367. The number of benzene rings is 3. The molecular formula is C21H17F3N4O2. The molecule has 3 aromatic rings. The number of nitrogens with two attached hydrogens (primary N) is 1. The molecule has 0 radical (unpaired) electrons. The van der Waals surface area contributed by atoms with Crippen molar-refractivity contribution in [1.82, 2.24) is 0 Å². The van der Waals surface area contributed by atoms with Crippen LogP contribution in [0, 0.1) is 0 Å². The van der Waals surface area contributed by atoms with Crippen LogP contribution in [0.4, 0.5) is 40.7 Å². The Hall–Kier alpha value is -4.01. The summed E-state index contributed by atoms with van der Waals surface area (Å²) in [5, 5.41) is 7.66. The molecule has 0 bridgehead atoms. The fraction of sp³-hybridized carbons (Fsp3) is 0.0476. The van der Waals surface area contributed by atoms with Gasteiger partial charge in [0.1, 0.15) is 0 Å². The normalized spacial score (nSPS) is 10.9. The van der Waals surface area contributed by atoms with Gasteiger partial charge in [0.05, 0.1) is 16.9 Å². The quantitative estimate of drug-likeness (QED) is 0.443. The van der Waals surface area contributed by atoms with Crippen LogP contribution >= 0.6 is 0 Å². The first-order valence-electron chi connectivity index (χ1n) is 8.73. The van der Waals surface area contributed by atoms with E-state index in [0.29, 0.717) is 22.6 Å². The largest absolute Gasteiger partial charge is 0.416 e. The monoisotopic (exact) mass is 414 g/mol. The number of carbonyl (C=O) groups is 2. The Morgan fingerprint density at radius 2 is 1.27 bits per heavy atom. The predicted molar refractivity (Wildman–Crippen MR) is 109 cm³/mol. The number of amides is 3. The molecule has 3 aromatic carbocycles. The second kappa shape index (κ2) is 8.56. The Kier molecular flexibility index (Phi) is 5.91. The van der Waals surface area contributed by atoms with E-state index in [4.69, 9.17) is 5.73 Å². The molecule has 0 heterocycles. The van der Waals surface area contributed by atoms with Crippen molar-refractivity contribution in [2.24, 2.45) is 0 Å². The SMILES string of the molecule is Nc1ccccc1NC(=O)c1ccc(NC(=O)Nc2ccc(C(F)(F)F)cc2)cc1. The lowest BCUT2D eigenvalue weighted by Crippen LogP contribution is -2.19. The smallest absolute Gasteiger partial charge is 0.397 e. The third kappa shape index (κ3) is 5.28. The van der Waals surface area contributed by atoms with Crippen molar-refractivity contribution in [2.75, 3.05) is 21.7 Å². The van der Waals surface area contributed by atoms with E-state index in [-0.39, 0.29) is 11.6 Å². The van der Waals surface area contributed by atoms with Crippen LogP contribution in [0.1, 0.15) is 15.9 Å². The van der Waals surface area contributed by atoms with Gasteiger partial charge >= 0.3 is 12.2 Å². The van der Waals surface area contributed by atoms with Gasteiger partial charge in [0.2, 0.25) is 0 Å². The third-order valence-electron chi connectivity index (χ3n) is 4.08. The average molecular weight is 414 g/mol. The number of nitrogen functional groups attached to an aromatic ring is 1. The summed E-state index contributed by atoms with van der Waals surface area (Å²) in [6.45, 7) is 0. The summed E-state index contributed by atoms with van der Waals surface area (Å²) in [4.78, 5) is 24.3. The molecule has 0 atom stereocenters. The molecule has 0 aromatic heterocycles. The van der Waals surface area contributed by atoms with Gasteiger partial charge in [-0.25, -0.2) is 4.79 Å². The zero-order chi connectivity index (χ0) is 21.7. The molecule has 0 spiro atoms. The topological polar surface area (TPSA) is 96.2 Å². The van der Waals surface area contributed by atoms with Gasteiger partial charge in [-0.3, -0.25) is 4.79 Å². The molecule has 6 nitrogen and oxygen atoms in total. The first-order valence-corrected chi connectivity index (χ1v) is 8.73. The predicted octanol–water partition coefficient (Wildman–Crippen LogP) is 5.18. The van der Waals surface area contributed by atoms with Crippen molar-refractivity contribution in [1.29, 1.82) is 0 Å². The highest BCUT2D eigenvalue weighted by molar-refractivity contribution is 6.06. The van der Waals surface area contributed by atoms with E-state index in [1.807, 2.05) is 0 Å². The maximum absolute atomic E-state index is 12.6. The van der Waals surface area contributed by atoms with Crippen molar-refractivity contribution in [3.8, 4) is 0 Å². The van der Waals surface area contributed by atoms with E-state index in [0.717, 1.165) is 24.3 Å². The molecule has 0 unspecified atom stereocenters. The second-order valence-corrected chi connectivity index (χ2v) is 6.27. The van der Waals surface area contributed by atoms with Gasteiger partial charge in [-0.2, -0.15) is 13.2 Å². The molecule has 0 aliphatic rings. The Morgan fingerprint density at radius 1 is 0.733 bits per heavy atom. The highest BCUT2D eigenvalue weighted by atomic mass is 19.4. The molecule has 0 saturated carbocycles. The van der Waals surface area contributed by atoms with E-state index >= 15 is 0 Å². The molecular weight excluding hydrogens is 397 g/mol. The Morgan fingerprint density at radius 3 is 1.80 bits per heavy atom. The van der Waals surface area contributed by atoms with Crippen LogP contribution in [-0.4, -0.2) is 11.9 Å². The van der Waals surface area contributed by atoms with Crippen LogP contribution in [0.25, 0.3) is 0 Å². The minimum Gasteiger partial charge on any atom is -0.397 e. The van der Waals surface area contributed by atoms with Gasteiger partial charge < -0.3 is 21.7 Å². The molecule has 5 N–H and O–H groups in total. The zero-order valence-electron chi connectivity index (χ0n) is 15.5. The van der Waals surface area contributed by atoms with E-state index in [1.165, 1.54) is 24.3 Å². The highest BCUT2D eigenvalue weighted by Crippen LogP contribution is 2.29. The van der Waals surface area contributed by atoms with Crippen molar-refractivity contribution in [3.05, 3.63) is 83.9 Å². The third-order valence-corrected chi connectivity index (χ3v) is 4.08. The molecule has 154 valence electrons. The molecule has 3 rings (SSSR count). The Labute approximate surface area is 169 Å². The second-order valence-electron chi connectivity index (χ2n) is 6.27. The number of halogens is 3. The maximum Gasteiger partial charge on any atom is 0.416 e. The van der Waals surface area contributed by atoms with Crippen LogP contribution in [0.5, 0.6) is 0 Å². The number of hydrogen-bond donors (Lipinski definition) is 4. The number of rotatable bonds is 4. The minimum atomic E-state index is -4.44. The maximum atomic E-state index is 12.6. The van der Waals surface area contributed by atoms with E-state index in [2.05, 4.69) is 16.0 Å². The number of alkyl halides is 3. The summed E-state index contributed by atoms with van der Waals surface area (Å²) >= 11 is 0. The van der Waals surface area contributed by atoms with Crippen LogP contribution in [0.3, 0.4) is 0 Å². The lowest BCUT2D eigenvalue weighted by Gasteiger charge is -2.11. The molecule has 0 saturated heterocycles. The first-order chi connectivity index (χ1) is 14.2. The first kappa shape index (κ1) is 20.7. The molecule has 9 heteroatoms. The average Bonchev–Trinajstić information content (AvgIpc) is 2.70. The molecule has 0 aliphatic carbocycles. The van der Waals surface area contributed by atoms with Crippen LogP contribution in [0.2, 0.25) is 0 Å². The van der Waals surface area contributed by atoms with Crippen molar-refractivity contribution < 1.29 is 22.8 Å². The summed E-state index contributed by atoms with van der Waals surface area (Å²) in [7, 11) is 0. The Balaban J connectivity index is 1.58. The van der Waals surface area contributed by atoms with E-state index in [1.54, 1.807) is 24.3 Å². The molecule has 30 heavy (non-hydrogen) atoms. The molecule has 3 amide bonds. The minimum absolute atomic E-state index is 0.206. The van der Waals surface area contributed by atoms with Gasteiger partial charge in [0, 0.05) is 16.9 Å². The van der Waals surface area contributed by atoms with Gasteiger partial charge in [-0.1, -0.05) is 12.1 Å². The van der Waals surface area contributed by atoms with E-state index in [9.17, 15) is 22.8 Å². The van der Waals surface area contributed by atoms with Crippen LogP contribution in [0.15, 0.2) is 72.8 Å². The van der Waals surface area contributed by atoms with Crippen molar-refractivity contribution in [3.63, 3.8) is 0 Å². The van der Waals surface area contributed by atoms with Gasteiger partial charge in [0.25, 0.3) is 5.91 Å². The number of carbonyl (C=O) groups excluding carboxylic acids is 2. The lowest BCUT2D eigenvalue weighted by atomic mass is 10.2. The molecule has 0 aliphatic heterocycles. The summed E-state index contributed by atoms with van der Waals surface area (Å²) in [6.07, 6.45) is -4.44. The number of anilines is 4. The van der Waals surface area contributed by atoms with Gasteiger partial charge in [-0.05, 0) is 60.7 Å². The van der Waals surface area contributed by atoms with Crippen molar-refractivity contribution in [2.45, 2.75) is 6.18 Å². The lowest BCUT2D eigenvalue weighted by molar-refractivity contribution is -0.137. The number of urea groups is 1. The summed E-state index contributed by atoms with van der Waals surface area (Å²) in [5.41, 5.74) is 6.87. The van der Waals surface area contributed by atoms with Crippen LogP contribution < -0.4 is 21.7 Å². The van der Waals surface area contributed by atoms with E-state index < -0.39 is 17.8 Å². The van der Waals surface area contributed by atoms with Gasteiger partial charge in [-0.15, -0.1) is 0 Å². The summed E-state index contributed by atoms with van der Waals surface area (Å²) in [6, 6.07) is 16.3. The summed E-state index contributed by atoms with van der Waals surface area (Å²) < 4.78 is 37.7.